The number of rotatable bonds is 49. The van der Waals surface area contributed by atoms with Gasteiger partial charge in [0, 0.05) is 12.8 Å². The highest BCUT2D eigenvalue weighted by molar-refractivity contribution is 5.76. The van der Waals surface area contributed by atoms with Crippen molar-refractivity contribution in [3.8, 4) is 0 Å². The summed E-state index contributed by atoms with van der Waals surface area (Å²) in [5, 5.41) is 23.0. The van der Waals surface area contributed by atoms with Crippen molar-refractivity contribution >= 4 is 11.9 Å². The van der Waals surface area contributed by atoms with Crippen molar-refractivity contribution in [1.29, 1.82) is 0 Å². The molecule has 0 aromatic carbocycles. The standard InChI is InChI=1S/C54H103NO5/c1-3-5-7-9-11-13-15-22-26-30-34-38-42-46-52(57)51(50-56)55-53(58)47-43-39-35-31-27-24-20-18-17-19-21-25-29-33-37-41-45-49-60-54(59)48-44-40-36-32-28-23-16-14-12-10-8-6-4-2/h14,16,42,46,51-52,56-57H,3-13,15,17-41,43-45,47-50H2,1-2H3,(H,55,58)/b16-14-,46-42+. The highest BCUT2D eigenvalue weighted by Gasteiger charge is 2.18. The molecule has 0 aliphatic carbocycles. The third-order valence-corrected chi connectivity index (χ3v) is 12.2. The smallest absolute Gasteiger partial charge is 0.305 e. The molecule has 0 rings (SSSR count). The number of carbonyl (C=O) groups is 2. The summed E-state index contributed by atoms with van der Waals surface area (Å²) in [7, 11) is 0. The van der Waals surface area contributed by atoms with E-state index in [1.165, 1.54) is 212 Å². The number of hydrogen-bond acceptors (Lipinski definition) is 5. The fourth-order valence-electron chi connectivity index (χ4n) is 8.10. The van der Waals surface area contributed by atoms with Crippen LogP contribution in [0.15, 0.2) is 24.3 Å². The minimum atomic E-state index is -0.847. The summed E-state index contributed by atoms with van der Waals surface area (Å²) in [4.78, 5) is 24.4. The average molecular weight is 846 g/mol. The largest absolute Gasteiger partial charge is 0.466 e. The molecule has 0 aliphatic rings. The molecule has 1 amide bonds. The first-order valence-corrected chi connectivity index (χ1v) is 26.6. The van der Waals surface area contributed by atoms with Gasteiger partial charge in [-0.15, -0.1) is 0 Å². The van der Waals surface area contributed by atoms with Gasteiger partial charge in [0.25, 0.3) is 0 Å². The molecule has 2 unspecified atom stereocenters. The first-order valence-electron chi connectivity index (χ1n) is 26.6. The Bertz CT molecular complexity index is 935. The van der Waals surface area contributed by atoms with E-state index in [4.69, 9.17) is 4.74 Å². The average Bonchev–Trinajstić information content (AvgIpc) is 3.25. The zero-order valence-electron chi connectivity index (χ0n) is 40.2. The molecule has 2 atom stereocenters. The van der Waals surface area contributed by atoms with Gasteiger partial charge in [-0.05, 0) is 57.8 Å². The first-order chi connectivity index (χ1) is 29.5. The highest BCUT2D eigenvalue weighted by atomic mass is 16.5. The molecule has 6 heteroatoms. The van der Waals surface area contributed by atoms with Crippen LogP contribution in [-0.4, -0.2) is 47.4 Å². The number of carbonyl (C=O) groups excluding carboxylic acids is 2. The third-order valence-electron chi connectivity index (χ3n) is 12.2. The van der Waals surface area contributed by atoms with Gasteiger partial charge in [0.1, 0.15) is 0 Å². The molecule has 0 aromatic rings. The molecule has 0 radical (unpaired) electrons. The Morgan fingerprint density at radius 3 is 1.20 bits per heavy atom. The van der Waals surface area contributed by atoms with Gasteiger partial charge in [0.15, 0.2) is 0 Å². The van der Waals surface area contributed by atoms with Crippen molar-refractivity contribution < 1.29 is 24.5 Å². The zero-order valence-corrected chi connectivity index (χ0v) is 40.2. The Kier molecular flexibility index (Phi) is 48.6. The van der Waals surface area contributed by atoms with Crippen molar-refractivity contribution in [2.45, 2.75) is 296 Å². The number of allylic oxidation sites excluding steroid dienone is 3. The molecule has 354 valence electrons. The van der Waals surface area contributed by atoms with E-state index >= 15 is 0 Å². The van der Waals surface area contributed by atoms with Crippen molar-refractivity contribution in [2.24, 2.45) is 0 Å². The lowest BCUT2D eigenvalue weighted by Gasteiger charge is -2.20. The SMILES string of the molecule is CCCCCC/C=C\CCCCCCCC(=O)OCCCCCCCCCCCCCCCCCCCC(=O)NC(CO)C(O)/C=C/CCCCCCCCCCCCC. The maximum atomic E-state index is 12.4. The lowest BCUT2D eigenvalue weighted by Crippen LogP contribution is -2.45. The summed E-state index contributed by atoms with van der Waals surface area (Å²) in [5.74, 6) is -0.0787. The number of aliphatic hydroxyl groups is 2. The lowest BCUT2D eigenvalue weighted by atomic mass is 10.0. The minimum absolute atomic E-state index is 0.00508. The molecule has 3 N–H and O–H groups in total. The monoisotopic (exact) mass is 846 g/mol. The maximum Gasteiger partial charge on any atom is 0.305 e. The van der Waals surface area contributed by atoms with Gasteiger partial charge >= 0.3 is 5.97 Å². The number of esters is 1. The number of nitrogens with one attached hydrogen (secondary N) is 1. The zero-order chi connectivity index (χ0) is 43.7. The van der Waals surface area contributed by atoms with Crippen LogP contribution in [0.2, 0.25) is 0 Å². The Labute approximate surface area is 373 Å². The van der Waals surface area contributed by atoms with Crippen LogP contribution in [0.25, 0.3) is 0 Å². The van der Waals surface area contributed by atoms with E-state index in [1.807, 2.05) is 6.08 Å². The van der Waals surface area contributed by atoms with Crippen molar-refractivity contribution in [3.63, 3.8) is 0 Å². The molecule has 0 aromatic heterocycles. The summed E-state index contributed by atoms with van der Waals surface area (Å²) in [6.45, 7) is 4.87. The van der Waals surface area contributed by atoms with Gasteiger partial charge in [-0.2, -0.15) is 0 Å². The van der Waals surface area contributed by atoms with Crippen LogP contribution in [0.3, 0.4) is 0 Å². The maximum absolute atomic E-state index is 12.4. The second-order valence-corrected chi connectivity index (χ2v) is 18.2. The second-order valence-electron chi connectivity index (χ2n) is 18.2. The van der Waals surface area contributed by atoms with Gasteiger partial charge in [-0.3, -0.25) is 9.59 Å². The van der Waals surface area contributed by atoms with Crippen LogP contribution in [-0.2, 0) is 14.3 Å². The summed E-state index contributed by atoms with van der Waals surface area (Å²) in [6.07, 6.45) is 58.9. The minimum Gasteiger partial charge on any atom is -0.466 e. The van der Waals surface area contributed by atoms with E-state index in [2.05, 4.69) is 31.3 Å². The van der Waals surface area contributed by atoms with E-state index < -0.39 is 12.1 Å². The van der Waals surface area contributed by atoms with E-state index in [-0.39, 0.29) is 18.5 Å². The number of aliphatic hydroxyl groups excluding tert-OH is 2. The Morgan fingerprint density at radius 2 is 0.783 bits per heavy atom. The number of ether oxygens (including phenoxy) is 1. The topological polar surface area (TPSA) is 95.9 Å². The fraction of sp³-hybridized carbons (Fsp3) is 0.889. The fourth-order valence-corrected chi connectivity index (χ4v) is 8.10. The Morgan fingerprint density at radius 1 is 0.450 bits per heavy atom. The quantitative estimate of drug-likeness (QED) is 0.0322. The van der Waals surface area contributed by atoms with E-state index in [9.17, 15) is 19.8 Å². The molecule has 0 saturated heterocycles. The van der Waals surface area contributed by atoms with E-state index in [1.54, 1.807) is 6.08 Å². The molecule has 0 fully saturated rings. The van der Waals surface area contributed by atoms with Gasteiger partial charge in [0.2, 0.25) is 5.91 Å². The van der Waals surface area contributed by atoms with Gasteiger partial charge in [-0.1, -0.05) is 237 Å². The van der Waals surface area contributed by atoms with Crippen LogP contribution < -0.4 is 5.32 Å². The summed E-state index contributed by atoms with van der Waals surface area (Å²) >= 11 is 0. The van der Waals surface area contributed by atoms with Gasteiger partial charge in [0.05, 0.1) is 25.4 Å². The third kappa shape index (κ3) is 45.9. The van der Waals surface area contributed by atoms with Crippen LogP contribution in [0.1, 0.15) is 284 Å². The van der Waals surface area contributed by atoms with Crippen molar-refractivity contribution in [2.75, 3.05) is 13.2 Å². The van der Waals surface area contributed by atoms with Crippen LogP contribution in [0, 0.1) is 0 Å². The van der Waals surface area contributed by atoms with E-state index in [0.29, 0.717) is 19.4 Å². The summed E-state index contributed by atoms with van der Waals surface area (Å²) in [5.41, 5.74) is 0. The highest BCUT2D eigenvalue weighted by Crippen LogP contribution is 2.16. The molecule has 0 spiro atoms. The number of amides is 1. The van der Waals surface area contributed by atoms with Gasteiger partial charge < -0.3 is 20.3 Å². The van der Waals surface area contributed by atoms with Gasteiger partial charge in [-0.25, -0.2) is 0 Å². The predicted octanol–water partition coefficient (Wildman–Crippen LogP) is 15.9. The molecular weight excluding hydrogens is 743 g/mol. The van der Waals surface area contributed by atoms with Crippen LogP contribution in [0.4, 0.5) is 0 Å². The normalized spacial score (nSPS) is 12.8. The molecule has 0 bridgehead atoms. The number of hydrogen-bond donors (Lipinski definition) is 3. The van der Waals surface area contributed by atoms with Crippen LogP contribution >= 0.6 is 0 Å². The van der Waals surface area contributed by atoms with Crippen molar-refractivity contribution in [1.82, 2.24) is 5.32 Å². The predicted molar refractivity (Wildman–Crippen MR) is 260 cm³/mol. The molecule has 60 heavy (non-hydrogen) atoms. The molecular formula is C54H103NO5. The Balaban J connectivity index is 3.44. The second kappa shape index (κ2) is 50.0. The molecule has 0 aliphatic heterocycles. The summed E-state index contributed by atoms with van der Waals surface area (Å²) < 4.78 is 5.46. The molecule has 6 nitrogen and oxygen atoms in total. The lowest BCUT2D eigenvalue weighted by molar-refractivity contribution is -0.143. The van der Waals surface area contributed by atoms with Crippen molar-refractivity contribution in [3.05, 3.63) is 24.3 Å². The molecule has 0 saturated carbocycles. The summed E-state index contributed by atoms with van der Waals surface area (Å²) in [6, 6.07) is -0.631. The molecule has 0 heterocycles. The first kappa shape index (κ1) is 58.3. The Hall–Kier alpha value is -1.66. The van der Waals surface area contributed by atoms with E-state index in [0.717, 1.165) is 44.9 Å². The number of unbranched alkanes of at least 4 members (excludes halogenated alkanes) is 36. The van der Waals surface area contributed by atoms with Crippen LogP contribution in [0.5, 0.6) is 0 Å².